The van der Waals surface area contributed by atoms with Crippen LogP contribution in [0.5, 0.6) is 17.2 Å². The van der Waals surface area contributed by atoms with Crippen molar-refractivity contribution in [2.75, 3.05) is 11.8 Å². The first-order chi connectivity index (χ1) is 15.8. The van der Waals surface area contributed by atoms with Gasteiger partial charge in [-0.15, -0.1) is 0 Å². The molecule has 4 rings (SSSR count). The number of aromatic nitrogens is 1. The minimum Gasteiger partial charge on any atom is -0.497 e. The van der Waals surface area contributed by atoms with Crippen LogP contribution in [0.2, 0.25) is 0 Å². The second-order valence-electron chi connectivity index (χ2n) is 7.31. The molecule has 33 heavy (non-hydrogen) atoms. The summed E-state index contributed by atoms with van der Waals surface area (Å²) >= 11 is 0. The Balaban J connectivity index is 1.92. The number of benzene rings is 3. The van der Waals surface area contributed by atoms with Gasteiger partial charge in [-0.3, -0.25) is 9.52 Å². The number of hydrogen-bond acceptors (Lipinski definition) is 5. The number of methoxy groups -OCH3 is 1. The second-order valence-corrected chi connectivity index (χ2v) is 8.93. The third-order valence-electron chi connectivity index (χ3n) is 5.13. The van der Waals surface area contributed by atoms with Crippen molar-refractivity contribution in [3.05, 3.63) is 95.3 Å². The summed E-state index contributed by atoms with van der Waals surface area (Å²) in [6.07, 6.45) is 1.71. The minimum atomic E-state index is -3.70. The molecule has 1 heterocycles. The highest BCUT2D eigenvalue weighted by atomic mass is 32.2. The van der Waals surface area contributed by atoms with Crippen molar-refractivity contribution in [1.29, 1.82) is 0 Å². The maximum atomic E-state index is 12.7. The van der Waals surface area contributed by atoms with Crippen LogP contribution in [0, 0.1) is 0 Å². The Morgan fingerprint density at radius 3 is 2.27 bits per heavy atom. The summed E-state index contributed by atoms with van der Waals surface area (Å²) in [4.78, 5) is 12.7. The summed E-state index contributed by atoms with van der Waals surface area (Å²) in [7, 11) is -0.446. The number of nitrogens with one attached hydrogen (secondary N) is 1. The van der Waals surface area contributed by atoms with Crippen molar-refractivity contribution in [2.24, 2.45) is 7.05 Å². The van der Waals surface area contributed by atoms with E-state index < -0.39 is 10.0 Å². The lowest BCUT2D eigenvalue weighted by Gasteiger charge is -2.16. The fourth-order valence-electron chi connectivity index (χ4n) is 3.50. The van der Waals surface area contributed by atoms with Gasteiger partial charge < -0.3 is 14.0 Å². The average Bonchev–Trinajstić information content (AvgIpc) is 2.83. The van der Waals surface area contributed by atoms with Crippen LogP contribution in [-0.2, 0) is 17.1 Å². The summed E-state index contributed by atoms with van der Waals surface area (Å²) in [6, 6.07) is 19.3. The molecule has 0 bridgehead atoms. The molecule has 3 aromatic carbocycles. The van der Waals surface area contributed by atoms with Crippen LogP contribution < -0.4 is 19.8 Å². The molecule has 1 N–H and O–H groups in total. The fourth-order valence-corrected chi connectivity index (χ4v) is 4.04. The quantitative estimate of drug-likeness (QED) is 0.423. The average molecular weight is 463 g/mol. The van der Waals surface area contributed by atoms with Gasteiger partial charge in [0.15, 0.2) is 0 Å². The molecule has 0 saturated carbocycles. The number of ether oxygens (including phenoxy) is 2. The molecule has 0 spiro atoms. The first kappa shape index (κ1) is 22.2. The molecule has 0 fully saturated rings. The number of fused-ring (bicyclic) bond motifs is 1. The maximum Gasteiger partial charge on any atom is 0.258 e. The molecule has 4 aromatic rings. The Labute approximate surface area is 191 Å². The molecule has 7 nitrogen and oxygen atoms in total. The maximum absolute atomic E-state index is 12.7. The zero-order valence-electron chi connectivity index (χ0n) is 18.1. The molecule has 8 heteroatoms. The molecule has 0 aliphatic carbocycles. The van der Waals surface area contributed by atoms with Crippen molar-refractivity contribution in [2.45, 2.75) is 0 Å². The lowest BCUT2D eigenvalue weighted by atomic mass is 9.99. The minimum absolute atomic E-state index is 0.129. The molecule has 1 aromatic heterocycles. The number of anilines is 1. The van der Waals surface area contributed by atoms with Crippen LogP contribution in [0.4, 0.5) is 5.69 Å². The highest BCUT2D eigenvalue weighted by molar-refractivity contribution is 7.95. The van der Waals surface area contributed by atoms with Crippen LogP contribution in [0.25, 0.3) is 21.9 Å². The van der Waals surface area contributed by atoms with E-state index in [1.54, 1.807) is 75.0 Å². The zero-order chi connectivity index (χ0) is 23.6. The van der Waals surface area contributed by atoms with E-state index in [0.717, 1.165) is 16.4 Å². The van der Waals surface area contributed by atoms with Gasteiger partial charge in [-0.05, 0) is 53.9 Å². The van der Waals surface area contributed by atoms with E-state index in [2.05, 4.69) is 11.3 Å². The van der Waals surface area contributed by atoms with Crippen molar-refractivity contribution in [3.8, 4) is 28.4 Å². The third kappa shape index (κ3) is 4.61. The summed E-state index contributed by atoms with van der Waals surface area (Å²) in [5.74, 6) is 1.76. The number of pyridine rings is 1. The highest BCUT2D eigenvalue weighted by Gasteiger charge is 2.16. The Kier molecular flexibility index (Phi) is 5.93. The molecule has 0 atom stereocenters. The van der Waals surface area contributed by atoms with Crippen molar-refractivity contribution in [3.63, 3.8) is 0 Å². The number of sulfonamides is 1. The topological polar surface area (TPSA) is 86.6 Å². The van der Waals surface area contributed by atoms with Gasteiger partial charge in [-0.25, -0.2) is 8.42 Å². The molecule has 168 valence electrons. The van der Waals surface area contributed by atoms with Gasteiger partial charge in [-0.2, -0.15) is 0 Å². The van der Waals surface area contributed by atoms with Crippen molar-refractivity contribution < 1.29 is 17.9 Å². The van der Waals surface area contributed by atoms with Gasteiger partial charge in [0.1, 0.15) is 17.2 Å². The van der Waals surface area contributed by atoms with E-state index in [-0.39, 0.29) is 5.56 Å². The standard InChI is InChI=1S/C25H22N2O5S/c1-4-33(29,30)26-17-9-14-24(32-19-12-10-18(31-3)11-13-19)22(15-17)23-16-27(2)25(28)21-8-6-5-7-20(21)23/h4-16,26H,1H2,2-3H3. The summed E-state index contributed by atoms with van der Waals surface area (Å²) in [6.45, 7) is 3.34. The molecule has 0 aliphatic heterocycles. The molecule has 0 saturated heterocycles. The third-order valence-corrected chi connectivity index (χ3v) is 6.09. The first-order valence-electron chi connectivity index (χ1n) is 10.0. The van der Waals surface area contributed by atoms with Gasteiger partial charge in [0.05, 0.1) is 7.11 Å². The van der Waals surface area contributed by atoms with Crippen LogP contribution in [0.3, 0.4) is 0 Å². The van der Waals surface area contributed by atoms with E-state index in [9.17, 15) is 13.2 Å². The normalized spacial score (nSPS) is 11.2. The predicted molar refractivity (Wildman–Crippen MR) is 130 cm³/mol. The van der Waals surface area contributed by atoms with Crippen LogP contribution in [-0.4, -0.2) is 20.1 Å². The van der Waals surface area contributed by atoms with Crippen molar-refractivity contribution in [1.82, 2.24) is 4.57 Å². The number of aryl methyl sites for hydroxylation is 1. The SMILES string of the molecule is C=CS(=O)(=O)Nc1ccc(Oc2ccc(OC)cc2)c(-c2cn(C)c(=O)c3ccccc23)c1. The van der Waals surface area contributed by atoms with Crippen LogP contribution >= 0.6 is 0 Å². The largest absolute Gasteiger partial charge is 0.497 e. The Morgan fingerprint density at radius 1 is 0.939 bits per heavy atom. The predicted octanol–water partition coefficient (Wildman–Crippen LogP) is 4.89. The van der Waals surface area contributed by atoms with E-state index in [1.807, 2.05) is 12.1 Å². The monoisotopic (exact) mass is 462 g/mol. The Hall–Kier alpha value is -4.04. The summed E-state index contributed by atoms with van der Waals surface area (Å²) < 4.78 is 39.4. The molecule has 0 amide bonds. The first-order valence-corrected chi connectivity index (χ1v) is 11.6. The smallest absolute Gasteiger partial charge is 0.258 e. The molecule has 0 radical (unpaired) electrons. The van der Waals surface area contributed by atoms with Crippen LogP contribution in [0.15, 0.2) is 89.7 Å². The van der Waals surface area contributed by atoms with Crippen LogP contribution in [0.1, 0.15) is 0 Å². The molecule has 0 unspecified atom stereocenters. The summed E-state index contributed by atoms with van der Waals surface area (Å²) in [5.41, 5.74) is 1.54. The highest BCUT2D eigenvalue weighted by Crippen LogP contribution is 2.38. The summed E-state index contributed by atoms with van der Waals surface area (Å²) in [5, 5.41) is 2.12. The zero-order valence-corrected chi connectivity index (χ0v) is 18.9. The number of hydrogen-bond donors (Lipinski definition) is 1. The van der Waals surface area contributed by atoms with E-state index >= 15 is 0 Å². The number of rotatable bonds is 7. The number of nitrogens with zero attached hydrogens (tertiary/aromatic N) is 1. The van der Waals surface area contributed by atoms with Gasteiger partial charge in [-0.1, -0.05) is 24.8 Å². The van der Waals surface area contributed by atoms with E-state index in [4.69, 9.17) is 9.47 Å². The van der Waals surface area contributed by atoms with Gasteiger partial charge >= 0.3 is 0 Å². The molecular formula is C25H22N2O5S. The Morgan fingerprint density at radius 2 is 1.61 bits per heavy atom. The van der Waals surface area contributed by atoms with Gasteiger partial charge in [0, 0.05) is 40.9 Å². The fraction of sp³-hybridized carbons (Fsp3) is 0.0800. The lowest BCUT2D eigenvalue weighted by molar-refractivity contribution is 0.413. The van der Waals surface area contributed by atoms with E-state index in [1.165, 1.54) is 4.57 Å². The molecular weight excluding hydrogens is 440 g/mol. The van der Waals surface area contributed by atoms with Crippen molar-refractivity contribution >= 4 is 26.5 Å². The molecule has 0 aliphatic rings. The van der Waals surface area contributed by atoms with E-state index in [0.29, 0.717) is 33.9 Å². The van der Waals surface area contributed by atoms with Gasteiger partial charge in [0.2, 0.25) is 0 Å². The lowest BCUT2D eigenvalue weighted by Crippen LogP contribution is -2.16. The van der Waals surface area contributed by atoms with Gasteiger partial charge in [0.25, 0.3) is 15.6 Å². The Bertz CT molecular complexity index is 1510. The second kappa shape index (κ2) is 8.84.